The molecule has 0 spiro atoms. The van der Waals surface area contributed by atoms with Gasteiger partial charge in [0.2, 0.25) is 5.89 Å². The molecule has 0 N–H and O–H groups in total. The summed E-state index contributed by atoms with van der Waals surface area (Å²) in [6.45, 7) is 0. The zero-order valence-corrected chi connectivity index (χ0v) is 14.7. The molecule has 3 heteroatoms. The van der Waals surface area contributed by atoms with Gasteiger partial charge in [0, 0.05) is 16.1 Å². The maximum atomic E-state index is 6.01. The Kier molecular flexibility index (Phi) is 4.67. The third-order valence-corrected chi connectivity index (χ3v) is 4.27. The zero-order chi connectivity index (χ0) is 17.8. The van der Waals surface area contributed by atoms with Crippen LogP contribution in [0.5, 0.6) is 0 Å². The maximum absolute atomic E-state index is 6.01. The molecule has 1 aromatic heterocycles. The Bertz CT molecular complexity index is 1030. The second-order valence-electron chi connectivity index (χ2n) is 5.91. The molecule has 0 radical (unpaired) electrons. The standard InChI is InChI=1S/C23H16ClNO/c24-21-8-4-5-18(15-21)10-9-17-11-13-20(14-12-17)23-25-16-22(26-23)19-6-2-1-3-7-19/h1-16H/b10-9+. The summed E-state index contributed by atoms with van der Waals surface area (Å²) in [6, 6.07) is 25.8. The predicted molar refractivity (Wildman–Crippen MR) is 108 cm³/mol. The molecule has 0 unspecified atom stereocenters. The summed E-state index contributed by atoms with van der Waals surface area (Å²) < 4.78 is 5.89. The van der Waals surface area contributed by atoms with Gasteiger partial charge in [-0.2, -0.15) is 0 Å². The number of benzene rings is 3. The molecular weight excluding hydrogens is 342 g/mol. The molecular formula is C23H16ClNO. The second-order valence-corrected chi connectivity index (χ2v) is 6.34. The second kappa shape index (κ2) is 7.42. The van der Waals surface area contributed by atoms with Crippen LogP contribution in [0, 0.1) is 0 Å². The van der Waals surface area contributed by atoms with E-state index in [1.165, 1.54) is 0 Å². The van der Waals surface area contributed by atoms with Gasteiger partial charge >= 0.3 is 0 Å². The van der Waals surface area contributed by atoms with Crippen LogP contribution >= 0.6 is 11.6 Å². The first-order chi connectivity index (χ1) is 12.8. The number of halogens is 1. The molecule has 4 rings (SSSR count). The van der Waals surface area contributed by atoms with E-state index in [1.807, 2.05) is 84.9 Å². The first-order valence-electron chi connectivity index (χ1n) is 8.33. The quantitative estimate of drug-likeness (QED) is 0.374. The summed E-state index contributed by atoms with van der Waals surface area (Å²) in [6.07, 6.45) is 5.86. The van der Waals surface area contributed by atoms with Crippen molar-refractivity contribution < 1.29 is 4.42 Å². The van der Waals surface area contributed by atoms with Crippen molar-refractivity contribution in [1.29, 1.82) is 0 Å². The minimum absolute atomic E-state index is 0.620. The molecule has 126 valence electrons. The highest BCUT2D eigenvalue weighted by molar-refractivity contribution is 6.30. The highest BCUT2D eigenvalue weighted by atomic mass is 35.5. The van der Waals surface area contributed by atoms with Gasteiger partial charge in [0.15, 0.2) is 5.76 Å². The lowest BCUT2D eigenvalue weighted by atomic mass is 10.1. The summed E-state index contributed by atoms with van der Waals surface area (Å²) in [5.74, 6) is 1.39. The van der Waals surface area contributed by atoms with Gasteiger partial charge in [-0.15, -0.1) is 0 Å². The molecule has 26 heavy (non-hydrogen) atoms. The molecule has 0 aliphatic carbocycles. The van der Waals surface area contributed by atoms with Crippen molar-refractivity contribution in [3.8, 4) is 22.8 Å². The lowest BCUT2D eigenvalue weighted by Gasteiger charge is -1.99. The molecule has 2 nitrogen and oxygen atoms in total. The van der Waals surface area contributed by atoms with Crippen molar-refractivity contribution in [2.45, 2.75) is 0 Å². The van der Waals surface area contributed by atoms with Crippen molar-refractivity contribution in [3.05, 3.63) is 101 Å². The molecule has 0 fully saturated rings. The van der Waals surface area contributed by atoms with Crippen molar-refractivity contribution >= 4 is 23.8 Å². The number of aromatic nitrogens is 1. The Morgan fingerprint density at radius 2 is 1.50 bits per heavy atom. The van der Waals surface area contributed by atoms with Crippen molar-refractivity contribution in [3.63, 3.8) is 0 Å². The van der Waals surface area contributed by atoms with Crippen LogP contribution in [0.25, 0.3) is 34.9 Å². The normalized spacial score (nSPS) is 11.1. The molecule has 0 amide bonds. The SMILES string of the molecule is Clc1cccc(/C=C/c2ccc(-c3ncc(-c4ccccc4)o3)cc2)c1. The summed E-state index contributed by atoms with van der Waals surface area (Å²) in [7, 11) is 0. The molecule has 4 aromatic rings. The first kappa shape index (κ1) is 16.4. The lowest BCUT2D eigenvalue weighted by molar-refractivity contribution is 0.589. The molecule has 1 heterocycles. The fourth-order valence-electron chi connectivity index (χ4n) is 2.68. The fourth-order valence-corrected chi connectivity index (χ4v) is 2.88. The van der Waals surface area contributed by atoms with E-state index in [0.29, 0.717) is 5.89 Å². The highest BCUT2D eigenvalue weighted by Crippen LogP contribution is 2.26. The van der Waals surface area contributed by atoms with Gasteiger partial charge in [-0.25, -0.2) is 4.98 Å². The predicted octanol–water partition coefficient (Wildman–Crippen LogP) is 6.83. The molecule has 3 aromatic carbocycles. The van der Waals surface area contributed by atoms with Gasteiger partial charge < -0.3 is 4.42 Å². The minimum Gasteiger partial charge on any atom is -0.436 e. The third-order valence-electron chi connectivity index (χ3n) is 4.04. The topological polar surface area (TPSA) is 26.0 Å². The number of nitrogens with zero attached hydrogens (tertiary/aromatic N) is 1. The molecule has 0 aliphatic heterocycles. The largest absolute Gasteiger partial charge is 0.436 e. The van der Waals surface area contributed by atoms with Crippen molar-refractivity contribution in [2.75, 3.05) is 0 Å². The van der Waals surface area contributed by atoms with E-state index in [1.54, 1.807) is 6.20 Å². The van der Waals surface area contributed by atoms with Crippen LogP contribution < -0.4 is 0 Å². The Labute approximate surface area is 157 Å². The van der Waals surface area contributed by atoms with E-state index >= 15 is 0 Å². The van der Waals surface area contributed by atoms with E-state index < -0.39 is 0 Å². The van der Waals surface area contributed by atoms with E-state index in [4.69, 9.17) is 16.0 Å². The highest BCUT2D eigenvalue weighted by Gasteiger charge is 2.07. The van der Waals surface area contributed by atoms with E-state index in [9.17, 15) is 0 Å². The van der Waals surface area contributed by atoms with Crippen LogP contribution in [-0.2, 0) is 0 Å². The molecule has 0 aliphatic rings. The summed E-state index contributed by atoms with van der Waals surface area (Å²) in [5.41, 5.74) is 4.14. The average Bonchev–Trinajstić information content (AvgIpc) is 3.18. The van der Waals surface area contributed by atoms with Gasteiger partial charge in [0.25, 0.3) is 0 Å². The van der Waals surface area contributed by atoms with Gasteiger partial charge in [0.05, 0.1) is 6.20 Å². The van der Waals surface area contributed by atoms with Crippen LogP contribution in [0.4, 0.5) is 0 Å². The molecule has 0 saturated carbocycles. The van der Waals surface area contributed by atoms with Gasteiger partial charge in [-0.3, -0.25) is 0 Å². The third kappa shape index (κ3) is 3.76. The Morgan fingerprint density at radius 3 is 2.27 bits per heavy atom. The Balaban J connectivity index is 1.52. The molecule has 0 bridgehead atoms. The van der Waals surface area contributed by atoms with Crippen LogP contribution in [0.1, 0.15) is 11.1 Å². The summed E-state index contributed by atoms with van der Waals surface area (Å²) >= 11 is 6.01. The average molecular weight is 358 g/mol. The van der Waals surface area contributed by atoms with E-state index in [-0.39, 0.29) is 0 Å². The minimum atomic E-state index is 0.620. The lowest BCUT2D eigenvalue weighted by Crippen LogP contribution is -1.78. The first-order valence-corrected chi connectivity index (χ1v) is 8.71. The van der Waals surface area contributed by atoms with Crippen molar-refractivity contribution in [1.82, 2.24) is 4.98 Å². The number of hydrogen-bond acceptors (Lipinski definition) is 2. The summed E-state index contributed by atoms with van der Waals surface area (Å²) in [5, 5.41) is 0.737. The van der Waals surface area contributed by atoms with Gasteiger partial charge in [0.1, 0.15) is 0 Å². The zero-order valence-electron chi connectivity index (χ0n) is 14.0. The number of oxazole rings is 1. The molecule has 0 atom stereocenters. The summed E-state index contributed by atoms with van der Waals surface area (Å²) in [4.78, 5) is 4.40. The van der Waals surface area contributed by atoms with Crippen LogP contribution in [-0.4, -0.2) is 4.98 Å². The monoisotopic (exact) mass is 357 g/mol. The molecule has 0 saturated heterocycles. The van der Waals surface area contributed by atoms with Gasteiger partial charge in [-0.1, -0.05) is 78.4 Å². The fraction of sp³-hybridized carbons (Fsp3) is 0. The van der Waals surface area contributed by atoms with E-state index in [2.05, 4.69) is 11.1 Å². The van der Waals surface area contributed by atoms with Crippen LogP contribution in [0.15, 0.2) is 89.5 Å². The Morgan fingerprint density at radius 1 is 0.731 bits per heavy atom. The van der Waals surface area contributed by atoms with Crippen LogP contribution in [0.2, 0.25) is 5.02 Å². The van der Waals surface area contributed by atoms with Gasteiger partial charge in [-0.05, 0) is 35.4 Å². The Hall–Kier alpha value is -3.10. The maximum Gasteiger partial charge on any atom is 0.226 e. The van der Waals surface area contributed by atoms with Crippen LogP contribution in [0.3, 0.4) is 0 Å². The number of rotatable bonds is 4. The number of hydrogen-bond donors (Lipinski definition) is 0. The smallest absolute Gasteiger partial charge is 0.226 e. The van der Waals surface area contributed by atoms with E-state index in [0.717, 1.165) is 33.0 Å². The van der Waals surface area contributed by atoms with Crippen molar-refractivity contribution in [2.24, 2.45) is 0 Å².